The number of aromatic nitrogens is 2. The second-order valence-electron chi connectivity index (χ2n) is 4.81. The summed E-state index contributed by atoms with van der Waals surface area (Å²) in [5.74, 6) is -0.399. The van der Waals surface area contributed by atoms with Crippen LogP contribution in [0, 0.1) is 0 Å². The third-order valence-corrected chi connectivity index (χ3v) is 3.03. The number of nitrogens with zero attached hydrogens (tertiary/aromatic N) is 2. The van der Waals surface area contributed by atoms with Gasteiger partial charge in [-0.15, -0.1) is 0 Å². The zero-order valence-electron chi connectivity index (χ0n) is 11.6. The second-order valence-corrected chi connectivity index (χ2v) is 4.81. The summed E-state index contributed by atoms with van der Waals surface area (Å²) in [5, 5.41) is 14.2. The van der Waals surface area contributed by atoms with Crippen molar-refractivity contribution in [2.75, 3.05) is 7.11 Å². The fraction of sp³-hybridized carbons (Fsp3) is 0.357. The fourth-order valence-electron chi connectivity index (χ4n) is 2.08. The summed E-state index contributed by atoms with van der Waals surface area (Å²) in [4.78, 5) is 23.1. The van der Waals surface area contributed by atoms with Gasteiger partial charge >= 0.3 is 5.97 Å². The zero-order chi connectivity index (χ0) is 14.9. The molecule has 0 spiro atoms. The van der Waals surface area contributed by atoms with Crippen LogP contribution in [0.1, 0.15) is 25.5 Å². The Kier molecular flexibility index (Phi) is 3.74. The average molecular weight is 276 g/mol. The van der Waals surface area contributed by atoms with E-state index in [-0.39, 0.29) is 5.92 Å². The molecular formula is C14H16N2O4. The molecular weight excluding hydrogens is 260 g/mol. The Morgan fingerprint density at radius 1 is 1.40 bits per heavy atom. The first-order chi connectivity index (χ1) is 9.43. The van der Waals surface area contributed by atoms with Gasteiger partial charge in [-0.3, -0.25) is 9.59 Å². The number of aliphatic carboxylic acids is 1. The van der Waals surface area contributed by atoms with Gasteiger partial charge in [-0.25, -0.2) is 4.68 Å². The number of rotatable bonds is 4. The molecule has 0 radical (unpaired) electrons. The van der Waals surface area contributed by atoms with E-state index in [0.717, 1.165) is 4.68 Å². The average Bonchev–Trinajstić information content (AvgIpc) is 2.40. The van der Waals surface area contributed by atoms with Crippen LogP contribution in [0.3, 0.4) is 0 Å². The first-order valence-electron chi connectivity index (χ1n) is 6.24. The van der Waals surface area contributed by atoms with E-state index in [1.807, 2.05) is 13.8 Å². The van der Waals surface area contributed by atoms with E-state index < -0.39 is 18.1 Å². The van der Waals surface area contributed by atoms with Crippen molar-refractivity contribution in [3.05, 3.63) is 34.2 Å². The van der Waals surface area contributed by atoms with Crippen LogP contribution in [0.15, 0.2) is 23.0 Å². The molecule has 0 amide bonds. The third-order valence-electron chi connectivity index (χ3n) is 3.03. The highest BCUT2D eigenvalue weighted by Crippen LogP contribution is 2.25. The first-order valence-corrected chi connectivity index (χ1v) is 6.24. The lowest BCUT2D eigenvalue weighted by atomic mass is 10.0. The van der Waals surface area contributed by atoms with Gasteiger partial charge in [-0.05, 0) is 24.1 Å². The maximum atomic E-state index is 12.2. The molecule has 0 bridgehead atoms. The van der Waals surface area contributed by atoms with E-state index in [1.165, 1.54) is 0 Å². The SMILES string of the molecule is COc1ccc2c(=O)n(CC(=O)O)nc(C(C)C)c2c1. The molecule has 0 aliphatic carbocycles. The third kappa shape index (κ3) is 2.49. The monoisotopic (exact) mass is 276 g/mol. The highest BCUT2D eigenvalue weighted by Gasteiger charge is 2.15. The molecule has 0 saturated heterocycles. The number of hydrogen-bond donors (Lipinski definition) is 1. The van der Waals surface area contributed by atoms with Crippen LogP contribution in [0.25, 0.3) is 10.8 Å². The Bertz CT molecular complexity index is 719. The van der Waals surface area contributed by atoms with Crippen molar-refractivity contribution in [1.82, 2.24) is 9.78 Å². The van der Waals surface area contributed by atoms with Gasteiger partial charge in [-0.1, -0.05) is 13.8 Å². The molecule has 20 heavy (non-hydrogen) atoms. The van der Waals surface area contributed by atoms with E-state index in [0.29, 0.717) is 22.2 Å². The summed E-state index contributed by atoms with van der Waals surface area (Å²) in [6.07, 6.45) is 0. The predicted molar refractivity (Wildman–Crippen MR) is 74.3 cm³/mol. The van der Waals surface area contributed by atoms with Gasteiger partial charge in [0.1, 0.15) is 12.3 Å². The van der Waals surface area contributed by atoms with Gasteiger partial charge in [0.25, 0.3) is 5.56 Å². The predicted octanol–water partition coefficient (Wildman–Crippen LogP) is 1.61. The van der Waals surface area contributed by atoms with Crippen molar-refractivity contribution in [3.8, 4) is 5.75 Å². The van der Waals surface area contributed by atoms with Crippen molar-refractivity contribution in [2.45, 2.75) is 26.3 Å². The summed E-state index contributed by atoms with van der Waals surface area (Å²) >= 11 is 0. The minimum atomic E-state index is -1.10. The topological polar surface area (TPSA) is 81.4 Å². The zero-order valence-corrected chi connectivity index (χ0v) is 11.6. The minimum Gasteiger partial charge on any atom is -0.497 e. The molecule has 1 aromatic heterocycles. The largest absolute Gasteiger partial charge is 0.497 e. The number of ether oxygens (including phenoxy) is 1. The molecule has 0 fully saturated rings. The van der Waals surface area contributed by atoms with Gasteiger partial charge in [-0.2, -0.15) is 5.10 Å². The molecule has 6 nitrogen and oxygen atoms in total. The Morgan fingerprint density at radius 2 is 2.10 bits per heavy atom. The van der Waals surface area contributed by atoms with Gasteiger partial charge in [0, 0.05) is 5.39 Å². The molecule has 0 aliphatic heterocycles. The van der Waals surface area contributed by atoms with Crippen LogP contribution in [-0.4, -0.2) is 28.0 Å². The summed E-state index contributed by atoms with van der Waals surface area (Å²) in [5.41, 5.74) is 0.272. The molecule has 1 N–H and O–H groups in total. The lowest BCUT2D eigenvalue weighted by molar-refractivity contribution is -0.138. The summed E-state index contributed by atoms with van der Waals surface area (Å²) in [6.45, 7) is 3.44. The molecule has 2 rings (SSSR count). The Balaban J connectivity index is 2.79. The molecule has 0 unspecified atom stereocenters. The van der Waals surface area contributed by atoms with Crippen molar-refractivity contribution < 1.29 is 14.6 Å². The van der Waals surface area contributed by atoms with E-state index in [4.69, 9.17) is 9.84 Å². The summed E-state index contributed by atoms with van der Waals surface area (Å²) < 4.78 is 6.15. The lowest BCUT2D eigenvalue weighted by Crippen LogP contribution is -2.28. The van der Waals surface area contributed by atoms with Crippen LogP contribution in [0.4, 0.5) is 0 Å². The maximum Gasteiger partial charge on any atom is 0.325 e. The Labute approximate surface area is 115 Å². The molecule has 0 atom stereocenters. The maximum absolute atomic E-state index is 12.2. The molecule has 106 valence electrons. The van der Waals surface area contributed by atoms with Crippen molar-refractivity contribution in [1.29, 1.82) is 0 Å². The number of carboxylic acids is 1. The number of fused-ring (bicyclic) bond motifs is 1. The number of hydrogen-bond acceptors (Lipinski definition) is 4. The van der Waals surface area contributed by atoms with E-state index >= 15 is 0 Å². The fourth-order valence-corrected chi connectivity index (χ4v) is 2.08. The smallest absolute Gasteiger partial charge is 0.325 e. The van der Waals surface area contributed by atoms with Crippen molar-refractivity contribution in [2.24, 2.45) is 0 Å². The van der Waals surface area contributed by atoms with Gasteiger partial charge in [0.15, 0.2) is 0 Å². The van der Waals surface area contributed by atoms with Gasteiger partial charge in [0.2, 0.25) is 0 Å². The van der Waals surface area contributed by atoms with Crippen LogP contribution in [0.5, 0.6) is 5.75 Å². The number of carbonyl (C=O) groups is 1. The molecule has 1 heterocycles. The summed E-state index contributed by atoms with van der Waals surface area (Å²) in [6, 6.07) is 5.07. The van der Waals surface area contributed by atoms with Crippen molar-refractivity contribution in [3.63, 3.8) is 0 Å². The molecule has 0 saturated carbocycles. The molecule has 1 aromatic carbocycles. The minimum absolute atomic E-state index is 0.0604. The van der Waals surface area contributed by atoms with Crippen molar-refractivity contribution >= 4 is 16.7 Å². The number of carboxylic acid groups (broad SMARTS) is 1. The standard InChI is InChI=1S/C14H16N2O4/c1-8(2)13-11-6-9(20-3)4-5-10(11)14(19)16(15-13)7-12(17)18/h4-6,8H,7H2,1-3H3,(H,17,18). The highest BCUT2D eigenvalue weighted by atomic mass is 16.5. The Hall–Kier alpha value is -2.37. The van der Waals surface area contributed by atoms with Gasteiger partial charge in [0.05, 0.1) is 18.2 Å². The molecule has 6 heteroatoms. The van der Waals surface area contributed by atoms with Crippen LogP contribution in [-0.2, 0) is 11.3 Å². The molecule has 2 aromatic rings. The second kappa shape index (κ2) is 5.32. The van der Waals surface area contributed by atoms with Crippen LogP contribution < -0.4 is 10.3 Å². The normalized spacial score (nSPS) is 11.0. The first kappa shape index (κ1) is 14.0. The lowest BCUT2D eigenvalue weighted by Gasteiger charge is -2.13. The quantitative estimate of drug-likeness (QED) is 0.917. The highest BCUT2D eigenvalue weighted by molar-refractivity contribution is 5.85. The van der Waals surface area contributed by atoms with Gasteiger partial charge < -0.3 is 9.84 Å². The number of methoxy groups -OCH3 is 1. The molecule has 0 aliphatic rings. The van der Waals surface area contributed by atoms with E-state index in [1.54, 1.807) is 25.3 Å². The Morgan fingerprint density at radius 3 is 2.65 bits per heavy atom. The number of benzene rings is 1. The summed E-state index contributed by atoms with van der Waals surface area (Å²) in [7, 11) is 1.55. The van der Waals surface area contributed by atoms with E-state index in [9.17, 15) is 9.59 Å². The van der Waals surface area contributed by atoms with E-state index in [2.05, 4.69) is 5.10 Å². The van der Waals surface area contributed by atoms with Crippen LogP contribution >= 0.6 is 0 Å². The van der Waals surface area contributed by atoms with Crippen LogP contribution in [0.2, 0.25) is 0 Å².